The van der Waals surface area contributed by atoms with Crippen molar-refractivity contribution in [2.45, 2.75) is 17.9 Å². The van der Waals surface area contributed by atoms with Crippen molar-refractivity contribution >= 4 is 15.7 Å². The molecular weight excluding hydrogens is 288 g/mol. The highest BCUT2D eigenvalue weighted by atomic mass is 32.2. The molecule has 0 spiro atoms. The highest BCUT2D eigenvalue weighted by Crippen LogP contribution is 2.20. The zero-order valence-corrected chi connectivity index (χ0v) is 12.7. The summed E-state index contributed by atoms with van der Waals surface area (Å²) in [5.74, 6) is 0.729. The van der Waals surface area contributed by atoms with E-state index >= 15 is 0 Å². The fourth-order valence-electron chi connectivity index (χ4n) is 1.91. The lowest BCUT2D eigenvalue weighted by atomic mass is 10.1. The zero-order valence-electron chi connectivity index (χ0n) is 11.9. The van der Waals surface area contributed by atoms with E-state index < -0.39 is 10.0 Å². The highest BCUT2D eigenvalue weighted by Gasteiger charge is 2.18. The molecule has 0 unspecified atom stereocenters. The maximum absolute atomic E-state index is 12.3. The van der Waals surface area contributed by atoms with Crippen LogP contribution in [0, 0.1) is 0 Å². The molecule has 0 saturated carbocycles. The van der Waals surface area contributed by atoms with Crippen molar-refractivity contribution in [2.75, 3.05) is 12.8 Å². The molecule has 0 aliphatic carbocycles. The van der Waals surface area contributed by atoms with E-state index in [0.29, 0.717) is 5.69 Å². The fourth-order valence-corrected chi connectivity index (χ4v) is 3.14. The number of hydrogen-bond acceptors (Lipinski definition) is 4. The van der Waals surface area contributed by atoms with Crippen molar-refractivity contribution in [3.05, 3.63) is 54.1 Å². The van der Waals surface area contributed by atoms with Crippen LogP contribution in [0.4, 0.5) is 5.69 Å². The molecule has 0 aromatic heterocycles. The molecule has 3 N–H and O–H groups in total. The molecule has 0 fully saturated rings. The molecule has 1 atom stereocenters. The Morgan fingerprint density at radius 2 is 1.62 bits per heavy atom. The van der Waals surface area contributed by atoms with Gasteiger partial charge in [0, 0.05) is 11.7 Å². The van der Waals surface area contributed by atoms with E-state index in [0.717, 1.165) is 11.3 Å². The lowest BCUT2D eigenvalue weighted by molar-refractivity contribution is 0.414. The largest absolute Gasteiger partial charge is 0.497 e. The van der Waals surface area contributed by atoms with Crippen LogP contribution in [0.1, 0.15) is 18.5 Å². The number of methoxy groups -OCH3 is 1. The molecule has 0 saturated heterocycles. The Morgan fingerprint density at radius 3 is 2.14 bits per heavy atom. The predicted octanol–water partition coefficient (Wildman–Crippen LogP) is 2.32. The maximum atomic E-state index is 12.3. The van der Waals surface area contributed by atoms with Crippen LogP contribution < -0.4 is 15.2 Å². The van der Waals surface area contributed by atoms with Gasteiger partial charge in [-0.25, -0.2) is 13.1 Å². The van der Waals surface area contributed by atoms with Gasteiger partial charge in [0.1, 0.15) is 5.75 Å². The van der Waals surface area contributed by atoms with E-state index in [1.807, 2.05) is 12.1 Å². The lowest BCUT2D eigenvalue weighted by Gasteiger charge is -2.15. The van der Waals surface area contributed by atoms with Crippen molar-refractivity contribution in [3.8, 4) is 5.75 Å². The summed E-state index contributed by atoms with van der Waals surface area (Å²) >= 11 is 0. The third-order valence-electron chi connectivity index (χ3n) is 3.14. The number of sulfonamides is 1. The first-order valence-electron chi connectivity index (χ1n) is 6.44. The smallest absolute Gasteiger partial charge is 0.241 e. The monoisotopic (exact) mass is 306 g/mol. The van der Waals surface area contributed by atoms with Crippen molar-refractivity contribution in [2.24, 2.45) is 0 Å². The quantitative estimate of drug-likeness (QED) is 0.831. The van der Waals surface area contributed by atoms with Crippen LogP contribution in [0.2, 0.25) is 0 Å². The topological polar surface area (TPSA) is 81.4 Å². The van der Waals surface area contributed by atoms with Gasteiger partial charge in [0.2, 0.25) is 10.0 Å². The third kappa shape index (κ3) is 3.74. The molecule has 0 amide bonds. The van der Waals surface area contributed by atoms with Gasteiger partial charge >= 0.3 is 0 Å². The van der Waals surface area contributed by atoms with Crippen LogP contribution >= 0.6 is 0 Å². The van der Waals surface area contributed by atoms with E-state index in [2.05, 4.69) is 4.72 Å². The third-order valence-corrected chi connectivity index (χ3v) is 4.69. The molecule has 0 aliphatic heterocycles. The molecule has 0 aliphatic rings. The normalized spacial score (nSPS) is 12.9. The van der Waals surface area contributed by atoms with E-state index in [-0.39, 0.29) is 10.9 Å². The van der Waals surface area contributed by atoms with E-state index in [4.69, 9.17) is 10.5 Å². The van der Waals surface area contributed by atoms with Crippen molar-refractivity contribution in [3.63, 3.8) is 0 Å². The van der Waals surface area contributed by atoms with E-state index in [1.54, 1.807) is 38.3 Å². The summed E-state index contributed by atoms with van der Waals surface area (Å²) in [6.07, 6.45) is 0. The number of ether oxygens (including phenoxy) is 1. The van der Waals surface area contributed by atoms with Crippen LogP contribution in [0.15, 0.2) is 53.4 Å². The Labute approximate surface area is 124 Å². The molecule has 2 rings (SSSR count). The number of rotatable bonds is 5. The molecule has 5 nitrogen and oxygen atoms in total. The van der Waals surface area contributed by atoms with Crippen molar-refractivity contribution in [1.29, 1.82) is 0 Å². The standard InChI is InChI=1S/C15H18N2O3S/c1-11(12-3-7-14(20-2)8-4-12)17-21(18,19)15-9-5-13(16)6-10-15/h3-11,17H,16H2,1-2H3/t11-/m1/s1. The molecule has 0 bridgehead atoms. The van der Waals surface area contributed by atoms with Gasteiger partial charge < -0.3 is 10.5 Å². The van der Waals surface area contributed by atoms with Crippen LogP contribution in [-0.4, -0.2) is 15.5 Å². The summed E-state index contributed by atoms with van der Waals surface area (Å²) in [6.45, 7) is 1.79. The molecule has 2 aromatic rings. The van der Waals surface area contributed by atoms with Crippen molar-refractivity contribution in [1.82, 2.24) is 4.72 Å². The summed E-state index contributed by atoms with van der Waals surface area (Å²) in [5.41, 5.74) is 6.94. The maximum Gasteiger partial charge on any atom is 0.241 e. The first-order chi connectivity index (χ1) is 9.92. The highest BCUT2D eigenvalue weighted by molar-refractivity contribution is 7.89. The van der Waals surface area contributed by atoms with Crippen LogP contribution in [0.5, 0.6) is 5.75 Å². The van der Waals surface area contributed by atoms with Gasteiger partial charge in [-0.3, -0.25) is 0 Å². The molecular formula is C15H18N2O3S. The van der Waals surface area contributed by atoms with Gasteiger partial charge in [0.25, 0.3) is 0 Å². The van der Waals surface area contributed by atoms with E-state index in [9.17, 15) is 8.42 Å². The van der Waals surface area contributed by atoms with Gasteiger partial charge in [-0.15, -0.1) is 0 Å². The van der Waals surface area contributed by atoms with Gasteiger partial charge in [0.05, 0.1) is 12.0 Å². The minimum atomic E-state index is -3.58. The zero-order chi connectivity index (χ0) is 15.5. The Morgan fingerprint density at radius 1 is 1.05 bits per heavy atom. The van der Waals surface area contributed by atoms with Crippen LogP contribution in [0.3, 0.4) is 0 Å². The van der Waals surface area contributed by atoms with Gasteiger partial charge in [0.15, 0.2) is 0 Å². The lowest BCUT2D eigenvalue weighted by Crippen LogP contribution is -2.26. The summed E-state index contributed by atoms with van der Waals surface area (Å²) in [4.78, 5) is 0.192. The second-order valence-electron chi connectivity index (χ2n) is 4.69. The van der Waals surface area contributed by atoms with Gasteiger partial charge in [-0.1, -0.05) is 12.1 Å². The average molecular weight is 306 g/mol. The molecule has 0 heterocycles. The minimum Gasteiger partial charge on any atom is -0.497 e. The summed E-state index contributed by atoms with van der Waals surface area (Å²) in [7, 11) is -1.99. The SMILES string of the molecule is COc1ccc([C@@H](C)NS(=O)(=O)c2ccc(N)cc2)cc1. The Bertz CT molecular complexity index is 695. The molecule has 6 heteroatoms. The number of anilines is 1. The molecule has 112 valence electrons. The molecule has 2 aromatic carbocycles. The Hall–Kier alpha value is -2.05. The minimum absolute atomic E-state index is 0.192. The fraction of sp³-hybridized carbons (Fsp3) is 0.200. The molecule has 0 radical (unpaired) electrons. The number of nitrogens with two attached hydrogens (primary N) is 1. The van der Waals surface area contributed by atoms with Crippen LogP contribution in [0.25, 0.3) is 0 Å². The second-order valence-corrected chi connectivity index (χ2v) is 6.40. The summed E-state index contributed by atoms with van der Waals surface area (Å²) in [6, 6.07) is 13.0. The second kappa shape index (κ2) is 6.15. The summed E-state index contributed by atoms with van der Waals surface area (Å²) in [5, 5.41) is 0. The Balaban J connectivity index is 2.17. The van der Waals surface area contributed by atoms with Gasteiger partial charge in [-0.2, -0.15) is 0 Å². The Kier molecular flexibility index (Phi) is 4.50. The van der Waals surface area contributed by atoms with Crippen molar-refractivity contribution < 1.29 is 13.2 Å². The summed E-state index contributed by atoms with van der Waals surface area (Å²) < 4.78 is 32.3. The predicted molar refractivity (Wildman–Crippen MR) is 82.6 cm³/mol. The van der Waals surface area contributed by atoms with E-state index in [1.165, 1.54) is 12.1 Å². The number of nitrogens with one attached hydrogen (secondary N) is 1. The average Bonchev–Trinajstić information content (AvgIpc) is 2.47. The van der Waals surface area contributed by atoms with Crippen LogP contribution in [-0.2, 0) is 10.0 Å². The van der Waals surface area contributed by atoms with Gasteiger partial charge in [-0.05, 0) is 48.9 Å². The first-order valence-corrected chi connectivity index (χ1v) is 7.92. The first kappa shape index (κ1) is 15.3. The molecule has 21 heavy (non-hydrogen) atoms. The number of hydrogen-bond donors (Lipinski definition) is 2. The number of nitrogen functional groups attached to an aromatic ring is 1. The number of benzene rings is 2.